The predicted molar refractivity (Wildman–Crippen MR) is 64.2 cm³/mol. The third kappa shape index (κ3) is 1.72. The molecular weight excluding hydrogens is 214 g/mol. The fraction of sp³-hybridized carbons (Fsp3) is 0.182. The Balaban J connectivity index is 2.70. The Hall–Kier alpha value is -0.730. The minimum Gasteiger partial charge on any atom is -0.236 e. The Morgan fingerprint density at radius 1 is 1.36 bits per heavy atom. The molecule has 2 rings (SSSR count). The van der Waals surface area contributed by atoms with E-state index in [0.717, 1.165) is 22.2 Å². The average Bonchev–Trinajstić information content (AvgIpc) is 2.19. The van der Waals surface area contributed by atoms with E-state index in [1.165, 1.54) is 5.56 Å². The Kier molecular flexibility index (Phi) is 2.66. The second-order valence-electron chi connectivity index (χ2n) is 3.28. The summed E-state index contributed by atoms with van der Waals surface area (Å²) < 4.78 is 0. The first-order valence-corrected chi connectivity index (χ1v) is 5.38. The van der Waals surface area contributed by atoms with Gasteiger partial charge in [-0.25, -0.2) is 4.98 Å². The summed E-state index contributed by atoms with van der Waals surface area (Å²) in [7, 11) is 0. The molecule has 72 valence electrons. The number of aromatic nitrogens is 1. The van der Waals surface area contributed by atoms with E-state index in [1.807, 2.05) is 19.1 Å². The van der Waals surface area contributed by atoms with Crippen LogP contribution in [0.5, 0.6) is 0 Å². The molecule has 0 spiro atoms. The third-order valence-corrected chi connectivity index (χ3v) is 2.94. The molecule has 0 radical (unpaired) electrons. The van der Waals surface area contributed by atoms with Crippen LogP contribution in [0.15, 0.2) is 24.3 Å². The zero-order valence-corrected chi connectivity index (χ0v) is 9.44. The number of aryl methyl sites for hydroxylation is 1. The van der Waals surface area contributed by atoms with Gasteiger partial charge in [0.25, 0.3) is 0 Å². The van der Waals surface area contributed by atoms with E-state index in [-0.39, 0.29) is 0 Å². The molecule has 1 aromatic heterocycles. The molecule has 0 saturated carbocycles. The fourth-order valence-corrected chi connectivity index (χ4v) is 1.75. The second-order valence-corrected chi connectivity index (χ2v) is 3.96. The van der Waals surface area contributed by atoms with Crippen LogP contribution in [0.3, 0.4) is 0 Å². The van der Waals surface area contributed by atoms with Gasteiger partial charge < -0.3 is 0 Å². The maximum Gasteiger partial charge on any atom is 0.132 e. The zero-order valence-electron chi connectivity index (χ0n) is 7.79. The molecule has 0 N–H and O–H groups in total. The number of fused-ring (bicyclic) bond motifs is 1. The fourth-order valence-electron chi connectivity index (χ4n) is 1.41. The third-order valence-electron chi connectivity index (χ3n) is 2.19. The van der Waals surface area contributed by atoms with E-state index in [9.17, 15) is 0 Å². The van der Waals surface area contributed by atoms with E-state index in [2.05, 4.69) is 29.7 Å². The lowest BCUT2D eigenvalue weighted by Gasteiger charge is -2.03. The summed E-state index contributed by atoms with van der Waals surface area (Å²) in [5.41, 5.74) is 3.14. The molecule has 0 aliphatic carbocycles. The van der Waals surface area contributed by atoms with Crippen LogP contribution < -0.4 is 0 Å². The normalized spacial score (nSPS) is 10.8. The number of halogens is 1. The van der Waals surface area contributed by atoms with Gasteiger partial charge in [0.15, 0.2) is 0 Å². The van der Waals surface area contributed by atoms with Crippen molar-refractivity contribution < 1.29 is 0 Å². The van der Waals surface area contributed by atoms with E-state index in [0.29, 0.717) is 5.15 Å². The molecule has 0 aliphatic heterocycles. The highest BCUT2D eigenvalue weighted by molar-refractivity contribution is 7.79. The molecule has 0 fully saturated rings. The summed E-state index contributed by atoms with van der Waals surface area (Å²) in [5.74, 6) is 0.748. The minimum absolute atomic E-state index is 0.580. The van der Waals surface area contributed by atoms with E-state index in [4.69, 9.17) is 11.6 Å². The molecule has 0 unspecified atom stereocenters. The first-order valence-electron chi connectivity index (χ1n) is 4.37. The lowest BCUT2D eigenvalue weighted by molar-refractivity contribution is 1.32. The molecule has 0 saturated heterocycles. The first kappa shape index (κ1) is 9.81. The van der Waals surface area contributed by atoms with Crippen molar-refractivity contribution in [2.75, 3.05) is 0 Å². The van der Waals surface area contributed by atoms with Crippen LogP contribution >= 0.6 is 24.2 Å². The van der Waals surface area contributed by atoms with Crippen LogP contribution in [0.4, 0.5) is 0 Å². The van der Waals surface area contributed by atoms with Gasteiger partial charge in [0.1, 0.15) is 5.15 Å². The number of benzene rings is 1. The van der Waals surface area contributed by atoms with E-state index in [1.54, 1.807) is 0 Å². The molecule has 14 heavy (non-hydrogen) atoms. The van der Waals surface area contributed by atoms with Crippen LogP contribution in [-0.2, 0) is 5.75 Å². The molecule has 3 heteroatoms. The summed E-state index contributed by atoms with van der Waals surface area (Å²) >= 11 is 10.2. The van der Waals surface area contributed by atoms with Crippen molar-refractivity contribution >= 4 is 35.1 Å². The monoisotopic (exact) mass is 223 g/mol. The van der Waals surface area contributed by atoms with Crippen LogP contribution in [0.2, 0.25) is 5.15 Å². The van der Waals surface area contributed by atoms with Crippen LogP contribution in [-0.4, -0.2) is 4.98 Å². The van der Waals surface area contributed by atoms with Gasteiger partial charge in [-0.2, -0.15) is 12.6 Å². The summed E-state index contributed by atoms with van der Waals surface area (Å²) in [6, 6.07) is 8.15. The molecular formula is C11H10ClNS. The molecule has 0 aliphatic rings. The van der Waals surface area contributed by atoms with Gasteiger partial charge in [-0.3, -0.25) is 0 Å². The van der Waals surface area contributed by atoms with Crippen molar-refractivity contribution in [3.63, 3.8) is 0 Å². The Labute approximate surface area is 93.5 Å². The number of thiol groups is 1. The van der Waals surface area contributed by atoms with Gasteiger partial charge in [-0.1, -0.05) is 17.7 Å². The SMILES string of the molecule is Cc1cc2cc(CS)ccc2nc1Cl. The lowest BCUT2D eigenvalue weighted by Crippen LogP contribution is -1.86. The standard InChI is InChI=1S/C11H10ClNS/c1-7-4-9-5-8(6-14)2-3-10(9)13-11(7)12/h2-5,14H,6H2,1H3. The van der Waals surface area contributed by atoms with E-state index >= 15 is 0 Å². The van der Waals surface area contributed by atoms with Crippen molar-refractivity contribution in [3.05, 3.63) is 40.5 Å². The Bertz CT molecular complexity index is 482. The number of hydrogen-bond donors (Lipinski definition) is 1. The van der Waals surface area contributed by atoms with Crippen molar-refractivity contribution in [3.8, 4) is 0 Å². The number of pyridine rings is 1. The maximum absolute atomic E-state index is 5.94. The lowest BCUT2D eigenvalue weighted by atomic mass is 10.1. The number of hydrogen-bond acceptors (Lipinski definition) is 2. The van der Waals surface area contributed by atoms with Gasteiger partial charge in [0.05, 0.1) is 5.52 Å². The first-order chi connectivity index (χ1) is 6.70. The molecule has 1 aromatic carbocycles. The Morgan fingerprint density at radius 2 is 2.14 bits per heavy atom. The van der Waals surface area contributed by atoms with Gasteiger partial charge in [0.2, 0.25) is 0 Å². The molecule has 0 atom stereocenters. The van der Waals surface area contributed by atoms with E-state index < -0.39 is 0 Å². The molecule has 0 bridgehead atoms. The van der Waals surface area contributed by atoms with Gasteiger partial charge in [-0.05, 0) is 36.2 Å². The largest absolute Gasteiger partial charge is 0.236 e. The topological polar surface area (TPSA) is 12.9 Å². The zero-order chi connectivity index (χ0) is 10.1. The quantitative estimate of drug-likeness (QED) is 0.576. The Morgan fingerprint density at radius 3 is 2.86 bits per heavy atom. The van der Waals surface area contributed by atoms with Crippen LogP contribution in [0.1, 0.15) is 11.1 Å². The molecule has 0 amide bonds. The summed E-state index contributed by atoms with van der Waals surface area (Å²) in [6.07, 6.45) is 0. The van der Waals surface area contributed by atoms with Crippen LogP contribution in [0, 0.1) is 6.92 Å². The highest BCUT2D eigenvalue weighted by Gasteiger charge is 2.01. The van der Waals surface area contributed by atoms with Crippen molar-refractivity contribution in [1.29, 1.82) is 0 Å². The van der Waals surface area contributed by atoms with Gasteiger partial charge in [-0.15, -0.1) is 0 Å². The maximum atomic E-state index is 5.94. The highest BCUT2D eigenvalue weighted by Crippen LogP contribution is 2.21. The van der Waals surface area contributed by atoms with Crippen molar-refractivity contribution in [1.82, 2.24) is 4.98 Å². The number of nitrogens with zero attached hydrogens (tertiary/aromatic N) is 1. The second kappa shape index (κ2) is 3.79. The minimum atomic E-state index is 0.580. The number of rotatable bonds is 1. The molecule has 2 aromatic rings. The average molecular weight is 224 g/mol. The summed E-state index contributed by atoms with van der Waals surface area (Å²) in [5, 5.41) is 1.70. The molecule has 1 heterocycles. The highest BCUT2D eigenvalue weighted by atomic mass is 35.5. The predicted octanol–water partition coefficient (Wildman–Crippen LogP) is 3.63. The molecule has 1 nitrogen and oxygen atoms in total. The smallest absolute Gasteiger partial charge is 0.132 e. The van der Waals surface area contributed by atoms with Gasteiger partial charge >= 0.3 is 0 Å². The van der Waals surface area contributed by atoms with Gasteiger partial charge in [0, 0.05) is 11.1 Å². The van der Waals surface area contributed by atoms with Crippen LogP contribution in [0.25, 0.3) is 10.9 Å². The summed E-state index contributed by atoms with van der Waals surface area (Å²) in [6.45, 7) is 1.96. The summed E-state index contributed by atoms with van der Waals surface area (Å²) in [4.78, 5) is 4.29. The van der Waals surface area contributed by atoms with Crippen molar-refractivity contribution in [2.45, 2.75) is 12.7 Å². The van der Waals surface area contributed by atoms with Crippen molar-refractivity contribution in [2.24, 2.45) is 0 Å².